The lowest BCUT2D eigenvalue weighted by atomic mass is 9.94. The minimum absolute atomic E-state index is 0.212. The lowest BCUT2D eigenvalue weighted by Crippen LogP contribution is -2.53. The van der Waals surface area contributed by atoms with Gasteiger partial charge < -0.3 is 61.6 Å². The maximum Gasteiger partial charge on any atom is 0.300 e. The number of amides is 4. The van der Waals surface area contributed by atoms with Crippen molar-refractivity contribution in [1.29, 1.82) is 0 Å². The van der Waals surface area contributed by atoms with Crippen LogP contribution in [0.5, 0.6) is 0 Å². The summed E-state index contributed by atoms with van der Waals surface area (Å²) in [5.41, 5.74) is 17.6. The maximum absolute atomic E-state index is 14.0. The Labute approximate surface area is 532 Å². The van der Waals surface area contributed by atoms with Crippen molar-refractivity contribution in [3.63, 3.8) is 0 Å². The summed E-state index contributed by atoms with van der Waals surface area (Å²) >= 11 is 0. The van der Waals surface area contributed by atoms with Crippen LogP contribution in [-0.2, 0) is 41.6 Å². The Hall–Kier alpha value is -10.2. The molecule has 0 spiro atoms. The molecule has 4 aliphatic rings. The minimum atomic E-state index is -0.927. The Bertz CT molecular complexity index is 3710. The molecular formula is C68H82N10O14. The first kappa shape index (κ1) is 72.5. The van der Waals surface area contributed by atoms with Gasteiger partial charge in [-0.1, -0.05) is 60.7 Å². The highest BCUT2D eigenvalue weighted by Gasteiger charge is 2.31. The number of benzene rings is 6. The van der Waals surface area contributed by atoms with Crippen LogP contribution in [0.3, 0.4) is 0 Å². The predicted octanol–water partition coefficient (Wildman–Crippen LogP) is 6.60. The maximum atomic E-state index is 14.0. The zero-order valence-corrected chi connectivity index (χ0v) is 53.8. The van der Waals surface area contributed by atoms with Crippen molar-refractivity contribution in [2.24, 2.45) is 11.5 Å². The number of hydrogen-bond donors (Lipinski definition) is 8. The molecular weight excluding hydrogens is 1180 g/mol. The summed E-state index contributed by atoms with van der Waals surface area (Å²) in [5, 5.41) is 25.6. The third-order valence-corrected chi connectivity index (χ3v) is 14.6. The SMILES string of the molecule is CC(=O)O.CC(=O)O.CCN(CC)c1ccc2oc3cc(C(=O)[C@H](Cc4ccccc4)NC(=O)[C@H](C)NC(=O)[C@H](C)N)c(C)cc3nc-2c1=O.CCN(CC)c1ccc2oc3cc(C(=O)[C@H](Cc4ccccc4)NC(=O)[C@H](C)NC(=O)[C@H](C)N)c(C)cc3nc-2c1=O. The molecule has 0 aromatic heterocycles. The van der Waals surface area contributed by atoms with E-state index in [0.29, 0.717) is 93.5 Å². The van der Waals surface area contributed by atoms with Crippen LogP contribution < -0.4 is 53.4 Å². The number of ketones is 2. The molecule has 2 aliphatic heterocycles. The Morgan fingerprint density at radius 1 is 0.489 bits per heavy atom. The van der Waals surface area contributed by atoms with Crippen LogP contribution in [0.15, 0.2) is 128 Å². The number of anilines is 2. The van der Waals surface area contributed by atoms with E-state index in [4.69, 9.17) is 40.1 Å². The second-order valence-electron chi connectivity index (χ2n) is 21.9. The number of Topliss-reactive ketones (excluding diaryl/α,β-unsaturated/α-hetero) is 2. The molecule has 10 N–H and O–H groups in total. The van der Waals surface area contributed by atoms with Gasteiger partial charge >= 0.3 is 0 Å². The van der Waals surface area contributed by atoms with Crippen LogP contribution in [0.2, 0.25) is 0 Å². The third-order valence-electron chi connectivity index (χ3n) is 14.6. The quantitative estimate of drug-likeness (QED) is 0.0261. The van der Waals surface area contributed by atoms with E-state index in [1.54, 1.807) is 62.4 Å². The van der Waals surface area contributed by atoms with Crippen LogP contribution in [-0.4, -0.2) is 130 Å². The van der Waals surface area contributed by atoms with Crippen molar-refractivity contribution in [2.75, 3.05) is 36.0 Å². The molecule has 488 valence electrons. The number of aliphatic carboxylic acids is 2. The van der Waals surface area contributed by atoms with Gasteiger partial charge in [-0.3, -0.25) is 47.9 Å². The molecule has 8 rings (SSSR count). The highest BCUT2D eigenvalue weighted by molar-refractivity contribution is 6.07. The van der Waals surface area contributed by atoms with Crippen LogP contribution in [0.1, 0.15) is 112 Å². The van der Waals surface area contributed by atoms with Crippen LogP contribution in [0.4, 0.5) is 11.4 Å². The number of rotatable bonds is 22. The smallest absolute Gasteiger partial charge is 0.300 e. The van der Waals surface area contributed by atoms with E-state index in [1.807, 2.05) is 98.2 Å². The van der Waals surface area contributed by atoms with Gasteiger partial charge in [0.05, 0.1) is 35.5 Å². The molecule has 0 saturated heterocycles. The molecule has 2 aliphatic carbocycles. The molecule has 0 unspecified atom stereocenters. The fourth-order valence-electron chi connectivity index (χ4n) is 9.69. The van der Waals surface area contributed by atoms with Gasteiger partial charge in [0.15, 0.2) is 45.6 Å². The highest BCUT2D eigenvalue weighted by Crippen LogP contribution is 2.30. The topological polar surface area (TPSA) is 370 Å². The summed E-state index contributed by atoms with van der Waals surface area (Å²) in [6, 6.07) is 27.0. The van der Waals surface area contributed by atoms with Gasteiger partial charge in [0.25, 0.3) is 11.9 Å². The molecule has 2 heterocycles. The molecule has 24 heteroatoms. The number of carbonyl (C=O) groups excluding carboxylic acids is 6. The van der Waals surface area contributed by atoms with Gasteiger partial charge in [0.1, 0.15) is 23.1 Å². The van der Waals surface area contributed by atoms with Crippen molar-refractivity contribution in [3.05, 3.63) is 163 Å². The van der Waals surface area contributed by atoms with E-state index in [2.05, 4.69) is 31.2 Å². The molecule has 6 atom stereocenters. The zero-order valence-electron chi connectivity index (χ0n) is 53.8. The summed E-state index contributed by atoms with van der Waals surface area (Å²) < 4.78 is 12.2. The lowest BCUT2D eigenvalue weighted by Gasteiger charge is -2.22. The lowest BCUT2D eigenvalue weighted by molar-refractivity contribution is -0.135. The molecule has 4 amide bonds. The first-order valence-corrected chi connectivity index (χ1v) is 30.1. The minimum Gasteiger partial charge on any atom is -0.481 e. The van der Waals surface area contributed by atoms with Gasteiger partial charge in [0.2, 0.25) is 34.5 Å². The number of nitrogens with one attached hydrogen (secondary N) is 4. The van der Waals surface area contributed by atoms with Crippen molar-refractivity contribution in [3.8, 4) is 22.9 Å². The van der Waals surface area contributed by atoms with E-state index in [0.717, 1.165) is 25.0 Å². The highest BCUT2D eigenvalue weighted by atomic mass is 16.4. The van der Waals surface area contributed by atoms with Crippen LogP contribution in [0, 0.1) is 13.8 Å². The van der Waals surface area contributed by atoms with Gasteiger partial charge in [-0.15, -0.1) is 0 Å². The molecule has 24 nitrogen and oxygen atoms in total. The number of carbonyl (C=O) groups is 8. The van der Waals surface area contributed by atoms with Crippen molar-refractivity contribution < 1.29 is 57.4 Å². The normalized spacial score (nSPS) is 12.8. The summed E-state index contributed by atoms with van der Waals surface area (Å²) in [4.78, 5) is 136. The molecule has 0 radical (unpaired) electrons. The Morgan fingerprint density at radius 2 is 0.804 bits per heavy atom. The number of hydrogen-bond acceptors (Lipinski definition) is 18. The standard InChI is InChI=1S/2C32H37N5O5.2C2H4O2/c2*1-6-37(7-2)25-13-14-26-28(30(25)39)35-23-15-18(3)22(17-27(23)42-26)29(38)24(16-21-11-9-8-10-12-21)36-32(41)20(5)34-31(40)19(4)33;2*1-2(3)4/h2*8-15,17,19-20,24H,6-7,16,33H2,1-5H3,(H,34,40)(H,36,41);2*1H3,(H,3,4)/t2*19-,20-,24-;;/m00../s1. The van der Waals surface area contributed by atoms with Crippen LogP contribution >= 0.6 is 0 Å². The third kappa shape index (κ3) is 19.4. The summed E-state index contributed by atoms with van der Waals surface area (Å²) in [6.45, 7) is 22.5. The van der Waals surface area contributed by atoms with E-state index < -0.39 is 71.8 Å². The van der Waals surface area contributed by atoms with Crippen LogP contribution in [0.25, 0.3) is 45.1 Å². The molecule has 4 aromatic rings. The average molecular weight is 1260 g/mol. The zero-order chi connectivity index (χ0) is 68.3. The van der Waals surface area contributed by atoms with Gasteiger partial charge in [-0.2, -0.15) is 0 Å². The molecule has 4 aromatic carbocycles. The average Bonchev–Trinajstić information content (AvgIpc) is 0.779. The Morgan fingerprint density at radius 3 is 1.10 bits per heavy atom. The van der Waals surface area contributed by atoms with Gasteiger partial charge in [-0.25, -0.2) is 9.97 Å². The molecule has 92 heavy (non-hydrogen) atoms. The second kappa shape index (κ2) is 33.6. The molecule has 0 fully saturated rings. The number of nitrogens with zero attached hydrogens (tertiary/aromatic N) is 4. The first-order chi connectivity index (χ1) is 43.5. The summed E-state index contributed by atoms with van der Waals surface area (Å²) in [5.74, 6) is -3.65. The van der Waals surface area contributed by atoms with Gasteiger partial charge in [-0.05, 0) is 140 Å². The molecule has 0 saturated carbocycles. The van der Waals surface area contributed by atoms with Crippen molar-refractivity contribution in [1.82, 2.24) is 31.2 Å². The number of carboxylic acid groups (broad SMARTS) is 2. The van der Waals surface area contributed by atoms with Crippen molar-refractivity contribution >= 4 is 80.7 Å². The van der Waals surface area contributed by atoms with E-state index in [1.165, 1.54) is 27.7 Å². The second-order valence-corrected chi connectivity index (χ2v) is 21.9. The van der Waals surface area contributed by atoms with E-state index in [9.17, 15) is 38.4 Å². The predicted molar refractivity (Wildman–Crippen MR) is 352 cm³/mol. The van der Waals surface area contributed by atoms with Crippen molar-refractivity contribution in [2.45, 2.75) is 132 Å². The van der Waals surface area contributed by atoms with Gasteiger partial charge in [0, 0.05) is 64.0 Å². The fourth-order valence-corrected chi connectivity index (χ4v) is 9.69. The number of carboxylic acids is 2. The summed E-state index contributed by atoms with van der Waals surface area (Å²) in [6.07, 6.45) is 0.468. The largest absolute Gasteiger partial charge is 0.481 e. The fraction of sp³-hybridized carbons (Fsp3) is 0.353. The Kier molecular flexibility index (Phi) is 26.5. The number of fused-ring (bicyclic) bond motifs is 4. The van der Waals surface area contributed by atoms with E-state index >= 15 is 0 Å². The Balaban J connectivity index is 0.000000299. The number of nitrogens with two attached hydrogens (primary N) is 2. The summed E-state index contributed by atoms with van der Waals surface area (Å²) in [7, 11) is 0. The monoisotopic (exact) mass is 1260 g/mol. The molecule has 0 bridgehead atoms. The first-order valence-electron chi connectivity index (χ1n) is 30.1. The number of aromatic nitrogens is 2. The van der Waals surface area contributed by atoms with E-state index in [-0.39, 0.29) is 46.7 Å². The number of aryl methyl sites for hydroxylation is 2.